The molecular formula is C14H30N2O. The van der Waals surface area contributed by atoms with Gasteiger partial charge in [-0.25, -0.2) is 0 Å². The van der Waals surface area contributed by atoms with Gasteiger partial charge >= 0.3 is 0 Å². The van der Waals surface area contributed by atoms with Crippen molar-refractivity contribution < 1.29 is 4.74 Å². The normalized spacial score (nSPS) is 23.6. The summed E-state index contributed by atoms with van der Waals surface area (Å²) >= 11 is 0. The molecule has 0 amide bonds. The van der Waals surface area contributed by atoms with E-state index in [1.54, 1.807) is 7.11 Å². The van der Waals surface area contributed by atoms with Crippen LogP contribution in [0.2, 0.25) is 0 Å². The fourth-order valence-corrected chi connectivity index (χ4v) is 1.82. The van der Waals surface area contributed by atoms with E-state index in [2.05, 4.69) is 17.9 Å². The Labute approximate surface area is 108 Å². The zero-order valence-electron chi connectivity index (χ0n) is 12.5. The number of methoxy groups -OCH3 is 1. The summed E-state index contributed by atoms with van der Waals surface area (Å²) in [4.78, 5) is 2.32. The van der Waals surface area contributed by atoms with E-state index in [-0.39, 0.29) is 0 Å². The first-order valence-electron chi connectivity index (χ1n) is 6.90. The predicted octanol–water partition coefficient (Wildman–Crippen LogP) is 3.31. The Morgan fingerprint density at radius 1 is 1.29 bits per heavy atom. The molecule has 1 rings (SSSR count). The lowest BCUT2D eigenvalue weighted by Crippen LogP contribution is -2.44. The van der Waals surface area contributed by atoms with Crippen LogP contribution in [0.3, 0.4) is 0 Å². The average molecular weight is 242 g/mol. The molecule has 1 aliphatic rings. The zero-order valence-corrected chi connectivity index (χ0v) is 12.5. The first-order valence-corrected chi connectivity index (χ1v) is 6.90. The summed E-state index contributed by atoms with van der Waals surface area (Å²) in [5, 5.41) is 8.46. The lowest BCUT2D eigenvalue weighted by atomic mass is 9.96. The van der Waals surface area contributed by atoms with Crippen LogP contribution in [0.5, 0.6) is 0 Å². The van der Waals surface area contributed by atoms with E-state index < -0.39 is 0 Å². The van der Waals surface area contributed by atoms with Crippen molar-refractivity contribution in [2.24, 2.45) is 5.92 Å². The van der Waals surface area contributed by atoms with Crippen molar-refractivity contribution in [3.63, 3.8) is 0 Å². The number of likely N-dealkylation sites (tertiary alicyclic amines) is 1. The highest BCUT2D eigenvalue weighted by atomic mass is 16.5. The molecule has 17 heavy (non-hydrogen) atoms. The van der Waals surface area contributed by atoms with E-state index in [1.807, 2.05) is 27.7 Å². The van der Waals surface area contributed by atoms with E-state index in [4.69, 9.17) is 10.00 Å². The predicted molar refractivity (Wildman–Crippen MR) is 73.9 cm³/mol. The Morgan fingerprint density at radius 3 is 2.35 bits per heavy atom. The van der Waals surface area contributed by atoms with Gasteiger partial charge in [-0.1, -0.05) is 34.6 Å². The SMILES string of the molecule is CC.CC.COC1CN(CCC#N)CCC1C. The Hall–Kier alpha value is -0.590. The maximum Gasteiger partial charge on any atom is 0.0724 e. The van der Waals surface area contributed by atoms with E-state index in [1.165, 1.54) is 6.42 Å². The fraction of sp³-hybridized carbons (Fsp3) is 0.929. The van der Waals surface area contributed by atoms with E-state index in [0.29, 0.717) is 18.4 Å². The van der Waals surface area contributed by atoms with Gasteiger partial charge in [-0.15, -0.1) is 0 Å². The quantitative estimate of drug-likeness (QED) is 0.762. The van der Waals surface area contributed by atoms with Gasteiger partial charge in [0.2, 0.25) is 0 Å². The summed E-state index contributed by atoms with van der Waals surface area (Å²) in [6.07, 6.45) is 2.17. The molecule has 1 saturated heterocycles. The van der Waals surface area contributed by atoms with Gasteiger partial charge in [0.1, 0.15) is 0 Å². The zero-order chi connectivity index (χ0) is 13.7. The number of hydrogen-bond acceptors (Lipinski definition) is 3. The van der Waals surface area contributed by atoms with Gasteiger partial charge in [-0.2, -0.15) is 5.26 Å². The molecule has 1 heterocycles. The van der Waals surface area contributed by atoms with Crippen molar-refractivity contribution in [1.29, 1.82) is 5.26 Å². The van der Waals surface area contributed by atoms with Gasteiger partial charge in [0.15, 0.2) is 0 Å². The lowest BCUT2D eigenvalue weighted by molar-refractivity contribution is -0.00417. The van der Waals surface area contributed by atoms with Gasteiger partial charge in [-0.3, -0.25) is 4.90 Å². The molecular weight excluding hydrogens is 212 g/mol. The highest BCUT2D eigenvalue weighted by molar-refractivity contribution is 4.81. The smallest absolute Gasteiger partial charge is 0.0724 e. The molecule has 0 N–H and O–H groups in total. The standard InChI is InChI=1S/C10H18N2O.2C2H6/c1-9-4-7-12(6-3-5-11)8-10(9)13-2;2*1-2/h9-10H,3-4,6-8H2,1-2H3;2*1-2H3. The second kappa shape index (κ2) is 13.5. The topological polar surface area (TPSA) is 36.3 Å². The first-order chi connectivity index (χ1) is 8.27. The number of ether oxygens (including phenoxy) is 1. The van der Waals surface area contributed by atoms with Crippen LogP contribution < -0.4 is 0 Å². The molecule has 1 fully saturated rings. The monoisotopic (exact) mass is 242 g/mol. The van der Waals surface area contributed by atoms with Crippen molar-refractivity contribution in [2.75, 3.05) is 26.7 Å². The highest BCUT2D eigenvalue weighted by Gasteiger charge is 2.25. The summed E-state index contributed by atoms with van der Waals surface area (Å²) in [5.41, 5.74) is 0. The largest absolute Gasteiger partial charge is 0.380 e. The molecule has 2 atom stereocenters. The minimum absolute atomic E-state index is 0.354. The van der Waals surface area contributed by atoms with Crippen LogP contribution in [0.4, 0.5) is 0 Å². The van der Waals surface area contributed by atoms with Crippen molar-refractivity contribution >= 4 is 0 Å². The van der Waals surface area contributed by atoms with Gasteiger partial charge in [-0.05, 0) is 18.9 Å². The molecule has 2 unspecified atom stereocenters. The summed E-state index contributed by atoms with van der Waals surface area (Å²) in [6.45, 7) is 13.2. The molecule has 102 valence electrons. The molecule has 3 heteroatoms. The van der Waals surface area contributed by atoms with Crippen LogP contribution >= 0.6 is 0 Å². The third-order valence-electron chi connectivity index (χ3n) is 2.82. The van der Waals surface area contributed by atoms with Crippen LogP contribution in [0.1, 0.15) is 47.5 Å². The molecule has 0 radical (unpaired) electrons. The molecule has 0 aromatic carbocycles. The Morgan fingerprint density at radius 2 is 1.88 bits per heavy atom. The van der Waals surface area contributed by atoms with Crippen molar-refractivity contribution in [1.82, 2.24) is 4.90 Å². The van der Waals surface area contributed by atoms with Gasteiger partial charge in [0.25, 0.3) is 0 Å². The van der Waals surface area contributed by atoms with E-state index in [9.17, 15) is 0 Å². The van der Waals surface area contributed by atoms with Crippen molar-refractivity contribution in [2.45, 2.75) is 53.6 Å². The lowest BCUT2D eigenvalue weighted by Gasteiger charge is -2.35. The number of hydrogen-bond donors (Lipinski definition) is 0. The second-order valence-electron chi connectivity index (χ2n) is 3.75. The highest BCUT2D eigenvalue weighted by Crippen LogP contribution is 2.19. The molecule has 1 aliphatic heterocycles. The maximum atomic E-state index is 8.46. The average Bonchev–Trinajstić information content (AvgIpc) is 2.42. The molecule has 0 spiro atoms. The van der Waals surface area contributed by atoms with Crippen LogP contribution in [0.25, 0.3) is 0 Å². The Kier molecular flexibility index (Phi) is 14.9. The summed E-state index contributed by atoms with van der Waals surface area (Å²) < 4.78 is 5.39. The molecule has 0 saturated carbocycles. The number of rotatable bonds is 3. The van der Waals surface area contributed by atoms with Crippen LogP contribution in [-0.2, 0) is 4.74 Å². The van der Waals surface area contributed by atoms with Gasteiger partial charge < -0.3 is 4.74 Å². The minimum Gasteiger partial charge on any atom is -0.380 e. The van der Waals surface area contributed by atoms with Gasteiger partial charge in [0, 0.05) is 26.6 Å². The Balaban J connectivity index is 0. The summed E-state index contributed by atoms with van der Waals surface area (Å²) in [7, 11) is 1.77. The van der Waals surface area contributed by atoms with Crippen LogP contribution in [0, 0.1) is 17.2 Å². The fourth-order valence-electron chi connectivity index (χ4n) is 1.82. The molecule has 3 nitrogen and oxygen atoms in total. The minimum atomic E-state index is 0.354. The van der Waals surface area contributed by atoms with Crippen LogP contribution in [0.15, 0.2) is 0 Å². The van der Waals surface area contributed by atoms with E-state index >= 15 is 0 Å². The molecule has 0 aliphatic carbocycles. The van der Waals surface area contributed by atoms with Crippen LogP contribution in [-0.4, -0.2) is 37.7 Å². The molecule has 0 aromatic heterocycles. The number of nitrogens with zero attached hydrogens (tertiary/aromatic N) is 2. The number of piperidine rings is 1. The third-order valence-corrected chi connectivity index (χ3v) is 2.82. The van der Waals surface area contributed by atoms with Crippen molar-refractivity contribution in [3.05, 3.63) is 0 Å². The Bertz CT molecular complexity index is 189. The van der Waals surface area contributed by atoms with Gasteiger partial charge in [0.05, 0.1) is 12.2 Å². The van der Waals surface area contributed by atoms with Crippen molar-refractivity contribution in [3.8, 4) is 6.07 Å². The molecule has 0 bridgehead atoms. The number of nitriles is 1. The van der Waals surface area contributed by atoms with E-state index in [0.717, 1.165) is 19.6 Å². The first kappa shape index (κ1) is 18.8. The molecule has 0 aromatic rings. The summed E-state index contributed by atoms with van der Waals surface area (Å²) in [5.74, 6) is 0.656. The third kappa shape index (κ3) is 8.18. The second-order valence-corrected chi connectivity index (χ2v) is 3.75. The summed E-state index contributed by atoms with van der Waals surface area (Å²) in [6, 6.07) is 2.18. The maximum absolute atomic E-state index is 8.46.